The number of allylic oxidation sites excluding steroid dienone is 24. The molecular formula is C72H118NO8+. The Morgan fingerprint density at radius 2 is 0.704 bits per heavy atom. The predicted octanol–water partition coefficient (Wildman–Crippen LogP) is 19.6. The third kappa shape index (κ3) is 62.6. The minimum atomic E-state index is -1.53. The number of likely N-dealkylation sites (N-methyl/N-ethyl adjacent to an activating group) is 1. The van der Waals surface area contributed by atoms with E-state index in [1.165, 1.54) is 89.9 Å². The van der Waals surface area contributed by atoms with E-state index >= 15 is 0 Å². The van der Waals surface area contributed by atoms with E-state index < -0.39 is 24.3 Å². The molecule has 0 bridgehead atoms. The maximum absolute atomic E-state index is 12.9. The maximum Gasteiger partial charge on any atom is 0.361 e. The number of esters is 2. The van der Waals surface area contributed by atoms with E-state index in [9.17, 15) is 19.5 Å². The van der Waals surface area contributed by atoms with Crippen molar-refractivity contribution in [2.45, 2.75) is 245 Å². The van der Waals surface area contributed by atoms with Gasteiger partial charge in [-0.1, -0.05) is 243 Å². The van der Waals surface area contributed by atoms with Crippen molar-refractivity contribution in [1.82, 2.24) is 0 Å². The van der Waals surface area contributed by atoms with E-state index in [2.05, 4.69) is 160 Å². The van der Waals surface area contributed by atoms with Crippen LogP contribution in [0.1, 0.15) is 232 Å². The fourth-order valence-electron chi connectivity index (χ4n) is 8.19. The largest absolute Gasteiger partial charge is 0.477 e. The van der Waals surface area contributed by atoms with Crippen LogP contribution in [-0.2, 0) is 33.3 Å². The zero-order chi connectivity index (χ0) is 59.1. The molecule has 0 saturated heterocycles. The summed E-state index contributed by atoms with van der Waals surface area (Å²) in [5, 5.41) is 9.72. The van der Waals surface area contributed by atoms with Crippen LogP contribution in [0.3, 0.4) is 0 Å². The van der Waals surface area contributed by atoms with Crippen LogP contribution in [0.2, 0.25) is 0 Å². The van der Waals surface area contributed by atoms with Crippen molar-refractivity contribution in [3.05, 3.63) is 146 Å². The van der Waals surface area contributed by atoms with Gasteiger partial charge in [-0.05, 0) is 122 Å². The van der Waals surface area contributed by atoms with Crippen molar-refractivity contribution < 1.29 is 42.9 Å². The Bertz CT molecular complexity index is 1840. The molecule has 1 N–H and O–H groups in total. The molecule has 0 spiro atoms. The number of unbranched alkanes of at least 4 members (excludes halogenated alkanes) is 18. The molecule has 0 fully saturated rings. The Kier molecular flexibility index (Phi) is 57.6. The second-order valence-electron chi connectivity index (χ2n) is 22.0. The molecule has 0 aliphatic rings. The van der Waals surface area contributed by atoms with Crippen LogP contribution in [0.5, 0.6) is 0 Å². The maximum atomic E-state index is 12.9. The van der Waals surface area contributed by atoms with Gasteiger partial charge in [-0.15, -0.1) is 0 Å². The molecule has 0 aromatic heterocycles. The van der Waals surface area contributed by atoms with Gasteiger partial charge in [0.05, 0.1) is 34.4 Å². The highest BCUT2D eigenvalue weighted by atomic mass is 16.7. The van der Waals surface area contributed by atoms with Gasteiger partial charge in [0, 0.05) is 12.8 Å². The topological polar surface area (TPSA) is 108 Å². The third-order valence-corrected chi connectivity index (χ3v) is 13.1. The Morgan fingerprint density at radius 3 is 1.07 bits per heavy atom. The zero-order valence-corrected chi connectivity index (χ0v) is 52.1. The zero-order valence-electron chi connectivity index (χ0n) is 52.1. The Balaban J connectivity index is 4.30. The summed E-state index contributed by atoms with van der Waals surface area (Å²) in [5.41, 5.74) is 0. The second-order valence-corrected chi connectivity index (χ2v) is 22.0. The van der Waals surface area contributed by atoms with Crippen LogP contribution >= 0.6 is 0 Å². The Labute approximate surface area is 496 Å². The van der Waals surface area contributed by atoms with Crippen LogP contribution < -0.4 is 0 Å². The van der Waals surface area contributed by atoms with Crippen LogP contribution in [0.15, 0.2) is 146 Å². The van der Waals surface area contributed by atoms with E-state index in [0.29, 0.717) is 17.4 Å². The molecule has 0 aromatic rings. The average molecular weight is 1130 g/mol. The lowest BCUT2D eigenvalue weighted by atomic mass is 10.1. The first-order chi connectivity index (χ1) is 39.6. The Morgan fingerprint density at radius 1 is 0.383 bits per heavy atom. The number of carboxylic acid groups (broad SMARTS) is 1. The van der Waals surface area contributed by atoms with Gasteiger partial charge < -0.3 is 28.5 Å². The molecule has 0 radical (unpaired) electrons. The van der Waals surface area contributed by atoms with E-state index in [1.54, 1.807) is 0 Å². The van der Waals surface area contributed by atoms with Crippen molar-refractivity contribution in [2.75, 3.05) is 47.5 Å². The van der Waals surface area contributed by atoms with Crippen molar-refractivity contribution in [1.29, 1.82) is 0 Å². The second kappa shape index (κ2) is 61.2. The molecule has 458 valence electrons. The summed E-state index contributed by atoms with van der Waals surface area (Å²) in [5.74, 6) is -2.07. The minimum absolute atomic E-state index is 0.173. The van der Waals surface area contributed by atoms with E-state index in [-0.39, 0.29) is 38.6 Å². The summed E-state index contributed by atoms with van der Waals surface area (Å²) < 4.78 is 22.9. The number of hydrogen-bond acceptors (Lipinski definition) is 7. The summed E-state index contributed by atoms with van der Waals surface area (Å²) >= 11 is 0. The molecule has 0 amide bonds. The fourth-order valence-corrected chi connectivity index (χ4v) is 8.19. The van der Waals surface area contributed by atoms with E-state index in [1.807, 2.05) is 21.1 Å². The first-order valence-electron chi connectivity index (χ1n) is 32.0. The summed E-state index contributed by atoms with van der Waals surface area (Å²) in [6, 6.07) is 0. The van der Waals surface area contributed by atoms with Crippen LogP contribution in [-0.4, -0.2) is 87.4 Å². The van der Waals surface area contributed by atoms with Gasteiger partial charge in [0.25, 0.3) is 6.29 Å². The quantitative estimate of drug-likeness (QED) is 0.0211. The summed E-state index contributed by atoms with van der Waals surface area (Å²) in [6.45, 7) is 4.71. The number of quaternary nitrogens is 1. The van der Waals surface area contributed by atoms with Gasteiger partial charge in [-0.2, -0.15) is 0 Å². The molecule has 0 aliphatic heterocycles. The molecule has 0 saturated carbocycles. The fraction of sp³-hybridized carbons (Fsp3) is 0.625. The average Bonchev–Trinajstić information content (AvgIpc) is 3.44. The lowest BCUT2D eigenvalue weighted by Gasteiger charge is -2.25. The van der Waals surface area contributed by atoms with Gasteiger partial charge in [-0.3, -0.25) is 9.59 Å². The van der Waals surface area contributed by atoms with Crippen LogP contribution in [0, 0.1) is 0 Å². The molecule has 2 unspecified atom stereocenters. The highest BCUT2D eigenvalue weighted by Gasteiger charge is 2.25. The van der Waals surface area contributed by atoms with Gasteiger partial charge in [0.15, 0.2) is 6.10 Å². The third-order valence-electron chi connectivity index (χ3n) is 13.1. The summed E-state index contributed by atoms with van der Waals surface area (Å²) in [6.07, 6.45) is 86.5. The first kappa shape index (κ1) is 76.2. The highest BCUT2D eigenvalue weighted by molar-refractivity contribution is 5.71. The van der Waals surface area contributed by atoms with Crippen molar-refractivity contribution >= 4 is 17.9 Å². The number of carbonyl (C=O) groups excluding carboxylic acids is 2. The monoisotopic (exact) mass is 1120 g/mol. The predicted molar refractivity (Wildman–Crippen MR) is 345 cm³/mol. The number of carboxylic acids is 1. The molecule has 0 aromatic carbocycles. The number of rotatable bonds is 57. The lowest BCUT2D eigenvalue weighted by molar-refractivity contribution is -0.870. The van der Waals surface area contributed by atoms with Gasteiger partial charge in [0.1, 0.15) is 13.2 Å². The molecule has 9 heteroatoms. The molecule has 9 nitrogen and oxygen atoms in total. The number of nitrogens with zero attached hydrogens (tertiary/aromatic N) is 1. The lowest BCUT2D eigenvalue weighted by Crippen LogP contribution is -2.40. The number of hydrogen-bond donors (Lipinski definition) is 1. The molecule has 2 atom stereocenters. The van der Waals surface area contributed by atoms with E-state index in [4.69, 9.17) is 18.9 Å². The Hall–Kier alpha value is -4.83. The molecular weight excluding hydrogens is 1010 g/mol. The van der Waals surface area contributed by atoms with E-state index in [0.717, 1.165) is 109 Å². The highest BCUT2D eigenvalue weighted by Crippen LogP contribution is 2.14. The van der Waals surface area contributed by atoms with Gasteiger partial charge >= 0.3 is 17.9 Å². The number of ether oxygens (including phenoxy) is 4. The van der Waals surface area contributed by atoms with Crippen molar-refractivity contribution in [3.8, 4) is 0 Å². The van der Waals surface area contributed by atoms with Crippen molar-refractivity contribution in [3.63, 3.8) is 0 Å². The van der Waals surface area contributed by atoms with Gasteiger partial charge in [0.2, 0.25) is 0 Å². The normalized spacial score (nSPS) is 13.7. The SMILES string of the molecule is CC/C=C\C/C=C\C/C=C\C/C=C\C/C=C\C/C=C\C/C=C\C/C=C\C/C=C\C/C=C\C/C=C\CCCCCC(=O)OC(COC(=O)CCCCCCCCCCC/C=C\CCCCCCCC)COC(OCC[N+](C)(C)C)C(=O)O. The molecule has 0 aliphatic carbocycles. The van der Waals surface area contributed by atoms with Crippen molar-refractivity contribution in [2.24, 2.45) is 0 Å². The number of carbonyl (C=O) groups is 3. The molecule has 0 heterocycles. The number of aliphatic carboxylic acids is 1. The summed E-state index contributed by atoms with van der Waals surface area (Å²) in [7, 11) is 5.95. The van der Waals surface area contributed by atoms with Gasteiger partial charge in [-0.25, -0.2) is 4.79 Å². The van der Waals surface area contributed by atoms with Crippen LogP contribution in [0.25, 0.3) is 0 Å². The minimum Gasteiger partial charge on any atom is -0.477 e. The molecule has 0 rings (SSSR count). The summed E-state index contributed by atoms with van der Waals surface area (Å²) in [4.78, 5) is 37.5. The first-order valence-corrected chi connectivity index (χ1v) is 32.0. The smallest absolute Gasteiger partial charge is 0.361 e. The van der Waals surface area contributed by atoms with Crippen LogP contribution in [0.4, 0.5) is 0 Å². The molecule has 81 heavy (non-hydrogen) atoms. The standard InChI is InChI=1S/C72H117NO8/c1-6-8-10-12-14-16-18-20-22-24-26-27-28-29-30-31-32-33-34-35-36-37-38-39-40-41-42-43-45-47-49-51-53-55-57-59-61-63-70(75)81-68(67-80-72(71(76)77)78-65-64-73(3,4)5)66-79-69(74)62-60-58-56-54-52-50-48-46-44-25-23-21-19-17-15-13-11-9-7-2/h8,10,14,16,20-23,26-27,29-30,32-33,35-36,38-39,41-42,45,47,51,53,68,72H,6-7,9,11-13,15,17-19,24-25,28,31,34,37,40,43-44,46,48-50,52,54-67H2,1-5H3/p+1/b10-8-,16-14-,22-20-,23-21-,27-26-,30-29-,33-32-,36-35-,39-38-,42-41-,47-45-,53-51-.